The van der Waals surface area contributed by atoms with E-state index in [1.54, 1.807) is 12.3 Å². The number of H-pyrrole nitrogens is 1. The highest BCUT2D eigenvalue weighted by Gasteiger charge is 2.16. The number of aromatic amines is 1. The fourth-order valence-electron chi connectivity index (χ4n) is 4.30. The Morgan fingerprint density at radius 1 is 0.800 bits per heavy atom. The molecule has 168 valence electrons. The first-order chi connectivity index (χ1) is 17.2. The van der Waals surface area contributed by atoms with E-state index in [1.165, 1.54) is 0 Å². The van der Waals surface area contributed by atoms with Crippen LogP contribution in [0.25, 0.3) is 44.3 Å². The monoisotopic (exact) mass is 474 g/mol. The number of pyridine rings is 3. The lowest BCUT2D eigenvalue weighted by Crippen LogP contribution is -2.08. The lowest BCUT2D eigenvalue weighted by molar-refractivity contribution is 1.23. The molecule has 5 nitrogen and oxygen atoms in total. The molecule has 0 spiro atoms. The van der Waals surface area contributed by atoms with Crippen molar-refractivity contribution < 1.29 is 0 Å². The van der Waals surface area contributed by atoms with Crippen molar-refractivity contribution in [2.24, 2.45) is 0 Å². The van der Waals surface area contributed by atoms with Crippen LogP contribution in [-0.2, 0) is 0 Å². The van der Waals surface area contributed by atoms with Crippen LogP contribution in [0.15, 0.2) is 108 Å². The maximum Gasteiger partial charge on any atom is 0.251 e. The van der Waals surface area contributed by atoms with Gasteiger partial charge in [0.2, 0.25) is 0 Å². The SMILES string of the molecule is O=c1cc(Nc2ccccc2)c2cc(-c3cc(Cl)c4ncccc4c3)c(-c3ccccc3)nc2[nH]1. The number of nitrogens with zero attached hydrogens (tertiary/aromatic N) is 2. The first-order valence-electron chi connectivity index (χ1n) is 11.2. The second kappa shape index (κ2) is 8.70. The fourth-order valence-corrected chi connectivity index (χ4v) is 4.57. The van der Waals surface area contributed by atoms with Gasteiger partial charge in [-0.05, 0) is 42.0 Å². The van der Waals surface area contributed by atoms with Crippen molar-refractivity contribution in [1.82, 2.24) is 15.0 Å². The van der Waals surface area contributed by atoms with Gasteiger partial charge >= 0.3 is 0 Å². The fraction of sp³-hybridized carbons (Fsp3) is 0. The van der Waals surface area contributed by atoms with Crippen LogP contribution in [-0.4, -0.2) is 15.0 Å². The number of hydrogen-bond acceptors (Lipinski definition) is 4. The summed E-state index contributed by atoms with van der Waals surface area (Å²) in [5.41, 5.74) is 6.11. The van der Waals surface area contributed by atoms with E-state index < -0.39 is 0 Å². The number of benzene rings is 3. The van der Waals surface area contributed by atoms with Crippen LogP contribution in [0.5, 0.6) is 0 Å². The zero-order valence-electron chi connectivity index (χ0n) is 18.5. The van der Waals surface area contributed by atoms with E-state index in [0.29, 0.717) is 16.4 Å². The van der Waals surface area contributed by atoms with Gasteiger partial charge in [0, 0.05) is 39.8 Å². The lowest BCUT2D eigenvalue weighted by atomic mass is 9.96. The predicted molar refractivity (Wildman–Crippen MR) is 143 cm³/mol. The summed E-state index contributed by atoms with van der Waals surface area (Å²) < 4.78 is 0. The molecule has 0 saturated carbocycles. The molecule has 0 bridgehead atoms. The summed E-state index contributed by atoms with van der Waals surface area (Å²) in [4.78, 5) is 24.8. The Balaban J connectivity index is 1.64. The Morgan fingerprint density at radius 3 is 2.37 bits per heavy atom. The molecule has 0 saturated heterocycles. The number of fused-ring (bicyclic) bond motifs is 2. The van der Waals surface area contributed by atoms with E-state index in [9.17, 15) is 4.79 Å². The second-order valence-corrected chi connectivity index (χ2v) is 8.63. The smallest absolute Gasteiger partial charge is 0.251 e. The van der Waals surface area contributed by atoms with Gasteiger partial charge < -0.3 is 10.3 Å². The Kier molecular flexibility index (Phi) is 5.24. The van der Waals surface area contributed by atoms with Crippen LogP contribution in [0, 0.1) is 0 Å². The van der Waals surface area contributed by atoms with Gasteiger partial charge in [0.1, 0.15) is 5.65 Å². The summed E-state index contributed by atoms with van der Waals surface area (Å²) >= 11 is 6.65. The van der Waals surface area contributed by atoms with E-state index in [4.69, 9.17) is 16.6 Å². The Labute approximate surface area is 206 Å². The van der Waals surface area contributed by atoms with Crippen molar-refractivity contribution >= 4 is 44.9 Å². The molecule has 3 heterocycles. The van der Waals surface area contributed by atoms with Crippen molar-refractivity contribution in [3.05, 3.63) is 119 Å². The Hall–Kier alpha value is -4.48. The molecule has 0 aliphatic rings. The van der Waals surface area contributed by atoms with Crippen LogP contribution in [0.3, 0.4) is 0 Å². The molecule has 2 N–H and O–H groups in total. The van der Waals surface area contributed by atoms with Crippen LogP contribution >= 0.6 is 11.6 Å². The van der Waals surface area contributed by atoms with Gasteiger partial charge in [0.05, 0.1) is 21.9 Å². The van der Waals surface area contributed by atoms with E-state index >= 15 is 0 Å². The topological polar surface area (TPSA) is 70.7 Å². The van der Waals surface area contributed by atoms with E-state index in [1.807, 2.05) is 78.9 Å². The maximum absolute atomic E-state index is 12.5. The minimum Gasteiger partial charge on any atom is -0.355 e. The van der Waals surface area contributed by atoms with Gasteiger partial charge in [-0.25, -0.2) is 4.98 Å². The van der Waals surface area contributed by atoms with E-state index in [0.717, 1.165) is 44.4 Å². The van der Waals surface area contributed by atoms with Gasteiger partial charge in [-0.2, -0.15) is 0 Å². The minimum absolute atomic E-state index is 0.227. The highest BCUT2D eigenvalue weighted by molar-refractivity contribution is 6.35. The lowest BCUT2D eigenvalue weighted by Gasteiger charge is -2.15. The number of halogens is 1. The number of nitrogens with one attached hydrogen (secondary N) is 2. The normalized spacial score (nSPS) is 11.1. The molecule has 0 fully saturated rings. The quantitative estimate of drug-likeness (QED) is 0.283. The van der Waals surface area contributed by atoms with Crippen LogP contribution in [0.4, 0.5) is 11.4 Å². The summed E-state index contributed by atoms with van der Waals surface area (Å²) in [5.74, 6) is 0. The zero-order valence-corrected chi connectivity index (χ0v) is 19.3. The number of hydrogen-bond donors (Lipinski definition) is 2. The van der Waals surface area contributed by atoms with Crippen LogP contribution in [0.2, 0.25) is 5.02 Å². The van der Waals surface area contributed by atoms with E-state index in [2.05, 4.69) is 27.4 Å². The average Bonchev–Trinajstić information content (AvgIpc) is 2.89. The Bertz CT molecular complexity index is 1750. The zero-order chi connectivity index (χ0) is 23.8. The number of anilines is 2. The summed E-state index contributed by atoms with van der Waals surface area (Å²) in [6, 6.07) is 31.2. The van der Waals surface area contributed by atoms with Crippen molar-refractivity contribution in [2.75, 3.05) is 5.32 Å². The van der Waals surface area contributed by atoms with Crippen LogP contribution in [0.1, 0.15) is 0 Å². The van der Waals surface area contributed by atoms with Gasteiger partial charge in [-0.3, -0.25) is 9.78 Å². The number of para-hydroxylation sites is 1. The molecule has 0 atom stereocenters. The third kappa shape index (κ3) is 4.03. The predicted octanol–water partition coefficient (Wildman–Crippen LogP) is 7.20. The van der Waals surface area contributed by atoms with Crippen molar-refractivity contribution in [3.8, 4) is 22.4 Å². The summed E-state index contributed by atoms with van der Waals surface area (Å²) in [5, 5.41) is 5.68. The summed E-state index contributed by atoms with van der Waals surface area (Å²) in [6.45, 7) is 0. The first kappa shape index (κ1) is 21.1. The molecule has 3 aromatic carbocycles. The van der Waals surface area contributed by atoms with Crippen LogP contribution < -0.4 is 10.9 Å². The van der Waals surface area contributed by atoms with Crippen molar-refractivity contribution in [3.63, 3.8) is 0 Å². The highest BCUT2D eigenvalue weighted by Crippen LogP contribution is 2.38. The number of rotatable bonds is 4. The maximum atomic E-state index is 12.5. The number of aromatic nitrogens is 3. The van der Waals surface area contributed by atoms with Gasteiger partial charge in [0.15, 0.2) is 0 Å². The molecule has 35 heavy (non-hydrogen) atoms. The largest absolute Gasteiger partial charge is 0.355 e. The molecule has 0 aliphatic carbocycles. The standard InChI is InChI=1S/C29H19ClN4O/c30-24-15-20(14-19-10-7-13-31-28(19)24)22-16-23-25(32-21-11-5-2-6-12-21)17-26(35)33-29(23)34-27(22)18-8-3-1-4-9-18/h1-17H,(H2,32,33,34,35). The molecular weight excluding hydrogens is 456 g/mol. The average molecular weight is 475 g/mol. The minimum atomic E-state index is -0.227. The Morgan fingerprint density at radius 2 is 1.57 bits per heavy atom. The molecule has 0 unspecified atom stereocenters. The van der Waals surface area contributed by atoms with Crippen molar-refractivity contribution in [2.45, 2.75) is 0 Å². The third-order valence-corrected chi connectivity index (χ3v) is 6.19. The van der Waals surface area contributed by atoms with E-state index in [-0.39, 0.29) is 5.56 Å². The molecule has 0 amide bonds. The first-order valence-corrected chi connectivity index (χ1v) is 11.5. The van der Waals surface area contributed by atoms with Crippen molar-refractivity contribution in [1.29, 1.82) is 0 Å². The second-order valence-electron chi connectivity index (χ2n) is 8.22. The molecule has 3 aromatic heterocycles. The molecular formula is C29H19ClN4O. The molecule has 6 rings (SSSR count). The molecule has 0 aliphatic heterocycles. The summed E-state index contributed by atoms with van der Waals surface area (Å²) in [7, 11) is 0. The molecule has 6 aromatic rings. The van der Waals surface area contributed by atoms with Gasteiger partial charge in [-0.1, -0.05) is 66.2 Å². The summed E-state index contributed by atoms with van der Waals surface area (Å²) in [6.07, 6.45) is 1.73. The highest BCUT2D eigenvalue weighted by atomic mass is 35.5. The van der Waals surface area contributed by atoms with Gasteiger partial charge in [0.25, 0.3) is 5.56 Å². The molecule has 6 heteroatoms. The third-order valence-electron chi connectivity index (χ3n) is 5.90. The van der Waals surface area contributed by atoms with Gasteiger partial charge in [-0.15, -0.1) is 0 Å². The molecule has 0 radical (unpaired) electrons.